The molecule has 1 N–H and O–H groups in total. The Labute approximate surface area is 159 Å². The number of benzene rings is 2. The lowest BCUT2D eigenvalue weighted by Crippen LogP contribution is -2.13. The van der Waals surface area contributed by atoms with E-state index in [1.165, 1.54) is 6.08 Å². The first kappa shape index (κ1) is 18.8. The van der Waals surface area contributed by atoms with E-state index in [1.54, 1.807) is 48.5 Å². The first-order valence-corrected chi connectivity index (χ1v) is 8.42. The first-order chi connectivity index (χ1) is 12.0. The molecule has 0 aliphatic heterocycles. The number of anilines is 1. The molecule has 2 rings (SSSR count). The van der Waals surface area contributed by atoms with Gasteiger partial charge in [0.2, 0.25) is 0 Å². The number of hydrogen-bond donors (Lipinski definition) is 1. The van der Waals surface area contributed by atoms with E-state index in [-0.39, 0.29) is 5.57 Å². The summed E-state index contributed by atoms with van der Waals surface area (Å²) in [6, 6.07) is 14.0. The van der Waals surface area contributed by atoms with Crippen molar-refractivity contribution >= 4 is 45.2 Å². The predicted octanol–water partition coefficient (Wildman–Crippen LogP) is 5.21. The van der Waals surface area contributed by atoms with Crippen LogP contribution in [-0.2, 0) is 4.79 Å². The third-order valence-electron chi connectivity index (χ3n) is 3.09. The zero-order chi connectivity index (χ0) is 18.2. The van der Waals surface area contributed by atoms with Crippen molar-refractivity contribution in [2.45, 2.75) is 0 Å². The third kappa shape index (κ3) is 5.49. The largest absolute Gasteiger partial charge is 0.488 e. The van der Waals surface area contributed by atoms with Crippen LogP contribution in [0.3, 0.4) is 0 Å². The molecule has 1 amide bonds. The number of hydrogen-bond acceptors (Lipinski definition) is 3. The summed E-state index contributed by atoms with van der Waals surface area (Å²) in [4.78, 5) is 12.2. The van der Waals surface area contributed by atoms with Gasteiger partial charge in [0.05, 0.1) is 5.02 Å². The lowest BCUT2D eigenvalue weighted by molar-refractivity contribution is -0.112. The molecule has 0 atom stereocenters. The number of halogens is 2. The standard InChI is InChI=1S/C19H14BrClN2O2/c1-2-9-25-18-8-3-13(11-17(18)21)10-14(12-22)19(24)23-16-6-4-15(20)5-7-16/h2-8,10-11H,1,9H2,(H,23,24)/b14-10+. The van der Waals surface area contributed by atoms with Gasteiger partial charge in [-0.2, -0.15) is 5.26 Å². The molecule has 2 aromatic carbocycles. The van der Waals surface area contributed by atoms with Gasteiger partial charge in [-0.1, -0.05) is 46.3 Å². The highest BCUT2D eigenvalue weighted by atomic mass is 79.9. The second kappa shape index (κ2) is 9.07. The van der Waals surface area contributed by atoms with Crippen LogP contribution in [0, 0.1) is 11.3 Å². The molecule has 0 aliphatic rings. The van der Waals surface area contributed by atoms with E-state index in [0.717, 1.165) is 4.47 Å². The molecule has 0 saturated carbocycles. The molecular weight excluding hydrogens is 404 g/mol. The van der Waals surface area contributed by atoms with Crippen LogP contribution in [0.25, 0.3) is 6.08 Å². The normalized spacial score (nSPS) is 10.7. The van der Waals surface area contributed by atoms with Crippen molar-refractivity contribution in [3.8, 4) is 11.8 Å². The van der Waals surface area contributed by atoms with E-state index < -0.39 is 5.91 Å². The summed E-state index contributed by atoms with van der Waals surface area (Å²) in [7, 11) is 0. The highest BCUT2D eigenvalue weighted by Crippen LogP contribution is 2.26. The molecule has 0 unspecified atom stereocenters. The Morgan fingerprint density at radius 3 is 2.64 bits per heavy atom. The maximum atomic E-state index is 12.2. The molecule has 0 heterocycles. The van der Waals surface area contributed by atoms with Gasteiger partial charge in [-0.25, -0.2) is 0 Å². The van der Waals surface area contributed by atoms with Gasteiger partial charge in [-0.15, -0.1) is 0 Å². The average Bonchev–Trinajstić information content (AvgIpc) is 2.60. The number of rotatable bonds is 6. The van der Waals surface area contributed by atoms with Crippen LogP contribution in [0.4, 0.5) is 5.69 Å². The van der Waals surface area contributed by atoms with Gasteiger partial charge in [0.15, 0.2) is 0 Å². The van der Waals surface area contributed by atoms with Crippen LogP contribution in [0.2, 0.25) is 5.02 Å². The molecule has 4 nitrogen and oxygen atoms in total. The fourth-order valence-electron chi connectivity index (χ4n) is 1.92. The summed E-state index contributed by atoms with van der Waals surface area (Å²) in [6.07, 6.45) is 3.09. The molecule has 25 heavy (non-hydrogen) atoms. The molecule has 0 spiro atoms. The van der Waals surface area contributed by atoms with Crippen LogP contribution in [0.1, 0.15) is 5.56 Å². The van der Waals surface area contributed by atoms with E-state index in [0.29, 0.717) is 28.6 Å². The molecule has 126 valence electrons. The van der Waals surface area contributed by atoms with Crippen LogP contribution >= 0.6 is 27.5 Å². The van der Waals surface area contributed by atoms with Gasteiger partial charge in [-0.3, -0.25) is 4.79 Å². The van der Waals surface area contributed by atoms with E-state index in [2.05, 4.69) is 27.8 Å². The van der Waals surface area contributed by atoms with E-state index in [9.17, 15) is 10.1 Å². The Bertz CT molecular complexity index is 855. The van der Waals surface area contributed by atoms with Crippen molar-refractivity contribution < 1.29 is 9.53 Å². The minimum absolute atomic E-state index is 0.0289. The van der Waals surface area contributed by atoms with Gasteiger partial charge in [0.1, 0.15) is 24.0 Å². The lowest BCUT2D eigenvalue weighted by atomic mass is 10.1. The van der Waals surface area contributed by atoms with Crippen molar-refractivity contribution in [3.63, 3.8) is 0 Å². The third-order valence-corrected chi connectivity index (χ3v) is 3.91. The molecule has 0 aromatic heterocycles. The highest BCUT2D eigenvalue weighted by molar-refractivity contribution is 9.10. The fraction of sp³-hybridized carbons (Fsp3) is 0.0526. The number of carbonyl (C=O) groups excluding carboxylic acids is 1. The Balaban J connectivity index is 2.17. The Morgan fingerprint density at radius 2 is 2.04 bits per heavy atom. The monoisotopic (exact) mass is 416 g/mol. The topological polar surface area (TPSA) is 62.1 Å². The maximum absolute atomic E-state index is 12.2. The van der Waals surface area contributed by atoms with E-state index in [1.807, 2.05) is 6.07 Å². The van der Waals surface area contributed by atoms with Gasteiger partial charge >= 0.3 is 0 Å². The van der Waals surface area contributed by atoms with Crippen molar-refractivity contribution in [1.82, 2.24) is 0 Å². The molecule has 0 radical (unpaired) electrons. The van der Waals surface area contributed by atoms with Crippen LogP contribution in [-0.4, -0.2) is 12.5 Å². The first-order valence-electron chi connectivity index (χ1n) is 7.25. The zero-order valence-corrected chi connectivity index (χ0v) is 15.5. The van der Waals surface area contributed by atoms with Gasteiger partial charge < -0.3 is 10.1 Å². The quantitative estimate of drug-likeness (QED) is 0.398. The maximum Gasteiger partial charge on any atom is 0.266 e. The second-order valence-corrected chi connectivity index (χ2v) is 6.24. The number of amides is 1. The minimum atomic E-state index is -0.493. The van der Waals surface area contributed by atoms with Crippen LogP contribution in [0.15, 0.2) is 65.2 Å². The van der Waals surface area contributed by atoms with Crippen LogP contribution in [0.5, 0.6) is 5.75 Å². The summed E-state index contributed by atoms with van der Waals surface area (Å²) >= 11 is 9.46. The van der Waals surface area contributed by atoms with Crippen molar-refractivity contribution in [2.75, 3.05) is 11.9 Å². The average molecular weight is 418 g/mol. The van der Waals surface area contributed by atoms with E-state index in [4.69, 9.17) is 16.3 Å². The number of ether oxygens (including phenoxy) is 1. The lowest BCUT2D eigenvalue weighted by Gasteiger charge is -2.07. The molecule has 0 saturated heterocycles. The molecular formula is C19H14BrClN2O2. The molecule has 2 aromatic rings. The SMILES string of the molecule is C=CCOc1ccc(/C=C(\C#N)C(=O)Nc2ccc(Br)cc2)cc1Cl. The Hall–Kier alpha value is -2.55. The van der Waals surface area contributed by atoms with Crippen molar-refractivity contribution in [2.24, 2.45) is 0 Å². The summed E-state index contributed by atoms with van der Waals surface area (Å²) < 4.78 is 6.29. The van der Waals surface area contributed by atoms with Crippen molar-refractivity contribution in [3.05, 3.63) is 75.8 Å². The molecule has 0 fully saturated rings. The van der Waals surface area contributed by atoms with Gasteiger partial charge in [-0.05, 0) is 48.0 Å². The summed E-state index contributed by atoms with van der Waals surface area (Å²) in [5, 5.41) is 12.3. The predicted molar refractivity (Wildman–Crippen MR) is 104 cm³/mol. The zero-order valence-electron chi connectivity index (χ0n) is 13.1. The van der Waals surface area contributed by atoms with Gasteiger partial charge in [0.25, 0.3) is 5.91 Å². The molecule has 0 bridgehead atoms. The van der Waals surface area contributed by atoms with Crippen LogP contribution < -0.4 is 10.1 Å². The number of nitrogens with zero attached hydrogens (tertiary/aromatic N) is 1. The number of carbonyl (C=O) groups is 1. The summed E-state index contributed by atoms with van der Waals surface area (Å²) in [6.45, 7) is 3.91. The van der Waals surface area contributed by atoms with Crippen molar-refractivity contribution in [1.29, 1.82) is 5.26 Å². The second-order valence-electron chi connectivity index (χ2n) is 4.92. The number of nitriles is 1. The highest BCUT2D eigenvalue weighted by Gasteiger charge is 2.10. The van der Waals surface area contributed by atoms with Gasteiger partial charge in [0, 0.05) is 10.2 Å². The summed E-state index contributed by atoms with van der Waals surface area (Å²) in [5.74, 6) is 0.0180. The minimum Gasteiger partial charge on any atom is -0.488 e. The van der Waals surface area contributed by atoms with E-state index >= 15 is 0 Å². The Kier molecular flexibility index (Phi) is 6.81. The number of nitrogens with one attached hydrogen (secondary N) is 1. The Morgan fingerprint density at radius 1 is 1.32 bits per heavy atom. The smallest absolute Gasteiger partial charge is 0.266 e. The summed E-state index contributed by atoms with van der Waals surface area (Å²) in [5.41, 5.74) is 1.19. The molecule has 6 heteroatoms. The molecule has 0 aliphatic carbocycles. The fourth-order valence-corrected chi connectivity index (χ4v) is 2.43.